The molecule has 2 atom stereocenters. The van der Waals surface area contributed by atoms with E-state index in [1.165, 1.54) is 11.1 Å². The third kappa shape index (κ3) is 3.58. The van der Waals surface area contributed by atoms with Crippen LogP contribution in [0.1, 0.15) is 52.5 Å². The van der Waals surface area contributed by atoms with Crippen molar-refractivity contribution in [3.05, 3.63) is 35.9 Å². The van der Waals surface area contributed by atoms with Crippen molar-refractivity contribution < 1.29 is 14.3 Å². The minimum atomic E-state index is -0.452. The highest BCUT2D eigenvalue weighted by Crippen LogP contribution is 2.39. The van der Waals surface area contributed by atoms with Crippen LogP contribution in [0.5, 0.6) is 5.75 Å². The number of rotatable bonds is 3. The fraction of sp³-hybridized carbons (Fsp3) is 0.550. The molecular weight excluding hydrogens is 302 g/mol. The van der Waals surface area contributed by atoms with Crippen LogP contribution in [-0.2, 0) is 4.74 Å². The number of carbonyl (C=O) groups excluding carboxylic acids is 1. The zero-order valence-electron chi connectivity index (χ0n) is 15.0. The molecule has 0 N–H and O–H groups in total. The minimum Gasteiger partial charge on any atom is -0.494 e. The number of carbonyl (C=O) groups is 1. The van der Waals surface area contributed by atoms with Gasteiger partial charge in [0.15, 0.2) is 0 Å². The summed E-state index contributed by atoms with van der Waals surface area (Å²) in [6.07, 6.45) is 4.98. The van der Waals surface area contributed by atoms with Gasteiger partial charge in [0.1, 0.15) is 11.4 Å². The maximum absolute atomic E-state index is 12.5. The van der Waals surface area contributed by atoms with Crippen LogP contribution in [0.4, 0.5) is 4.79 Å². The third-order valence-corrected chi connectivity index (χ3v) is 4.52. The molecule has 2 bridgehead atoms. The topological polar surface area (TPSA) is 38.8 Å². The van der Waals surface area contributed by atoms with E-state index in [0.29, 0.717) is 6.61 Å². The monoisotopic (exact) mass is 329 g/mol. The lowest BCUT2D eigenvalue weighted by Gasteiger charge is -2.35. The van der Waals surface area contributed by atoms with E-state index in [2.05, 4.69) is 18.2 Å². The number of ether oxygens (including phenoxy) is 2. The summed E-state index contributed by atoms with van der Waals surface area (Å²) < 4.78 is 11.2. The number of amides is 1. The Hall–Kier alpha value is -1.97. The number of hydrogen-bond donors (Lipinski definition) is 0. The lowest BCUT2D eigenvalue weighted by Crippen LogP contribution is -2.45. The lowest BCUT2D eigenvalue weighted by molar-refractivity contribution is 0.0175. The molecule has 3 rings (SSSR count). The van der Waals surface area contributed by atoms with Crippen LogP contribution in [0.15, 0.2) is 30.3 Å². The van der Waals surface area contributed by atoms with E-state index >= 15 is 0 Å². The van der Waals surface area contributed by atoms with Crippen molar-refractivity contribution in [2.24, 2.45) is 0 Å². The summed E-state index contributed by atoms with van der Waals surface area (Å²) in [5, 5.41) is 0. The molecule has 0 radical (unpaired) electrons. The Kier molecular flexibility index (Phi) is 4.57. The first-order chi connectivity index (χ1) is 11.4. The summed E-state index contributed by atoms with van der Waals surface area (Å²) in [7, 11) is 0. The first-order valence-corrected chi connectivity index (χ1v) is 8.82. The second-order valence-corrected chi connectivity index (χ2v) is 7.54. The zero-order valence-corrected chi connectivity index (χ0v) is 15.0. The predicted molar refractivity (Wildman–Crippen MR) is 95.1 cm³/mol. The van der Waals surface area contributed by atoms with Crippen LogP contribution in [-0.4, -0.2) is 35.3 Å². The van der Waals surface area contributed by atoms with Crippen molar-refractivity contribution in [3.63, 3.8) is 0 Å². The van der Waals surface area contributed by atoms with Gasteiger partial charge in [-0.1, -0.05) is 18.2 Å². The summed E-state index contributed by atoms with van der Waals surface area (Å²) in [6.45, 7) is 8.40. The average molecular weight is 329 g/mol. The average Bonchev–Trinajstić information content (AvgIpc) is 2.77. The molecule has 2 unspecified atom stereocenters. The van der Waals surface area contributed by atoms with Crippen LogP contribution < -0.4 is 4.74 Å². The molecular formula is C20H27NO3. The van der Waals surface area contributed by atoms with Gasteiger partial charge < -0.3 is 9.47 Å². The van der Waals surface area contributed by atoms with Crippen molar-refractivity contribution in [2.45, 2.75) is 64.6 Å². The van der Waals surface area contributed by atoms with Crippen LogP contribution in [0.3, 0.4) is 0 Å². The van der Waals surface area contributed by atoms with Gasteiger partial charge in [-0.15, -0.1) is 0 Å². The first-order valence-electron chi connectivity index (χ1n) is 8.82. The highest BCUT2D eigenvalue weighted by atomic mass is 16.6. The number of benzene rings is 1. The molecule has 24 heavy (non-hydrogen) atoms. The van der Waals surface area contributed by atoms with Gasteiger partial charge in [0.25, 0.3) is 0 Å². The van der Waals surface area contributed by atoms with E-state index in [1.807, 2.05) is 44.7 Å². The van der Waals surface area contributed by atoms with E-state index in [-0.39, 0.29) is 18.2 Å². The standard InChI is InChI=1S/C20H27NO3/c1-5-23-18-8-6-7-14(13-18)15-11-16-9-10-17(12-15)21(16)19(22)24-20(2,3)4/h6-8,11,13,16-17H,5,9-10,12H2,1-4H3. The molecule has 0 aromatic heterocycles. The van der Waals surface area contributed by atoms with Crippen LogP contribution in [0.2, 0.25) is 0 Å². The van der Waals surface area contributed by atoms with Crippen LogP contribution in [0, 0.1) is 0 Å². The van der Waals surface area contributed by atoms with E-state index in [1.54, 1.807) is 0 Å². The van der Waals surface area contributed by atoms with Crippen molar-refractivity contribution >= 4 is 11.7 Å². The summed E-state index contributed by atoms with van der Waals surface area (Å²) >= 11 is 0. The van der Waals surface area contributed by atoms with Gasteiger partial charge in [0.05, 0.1) is 12.6 Å². The van der Waals surface area contributed by atoms with E-state index in [4.69, 9.17) is 9.47 Å². The maximum Gasteiger partial charge on any atom is 0.411 e. The van der Waals surface area contributed by atoms with Gasteiger partial charge >= 0.3 is 6.09 Å². The van der Waals surface area contributed by atoms with Crippen molar-refractivity contribution in [1.29, 1.82) is 0 Å². The van der Waals surface area contributed by atoms with E-state index in [9.17, 15) is 4.79 Å². The van der Waals surface area contributed by atoms with Gasteiger partial charge in [-0.05, 0) is 70.2 Å². The van der Waals surface area contributed by atoms with Crippen LogP contribution >= 0.6 is 0 Å². The molecule has 1 aromatic carbocycles. The molecule has 2 aliphatic heterocycles. The van der Waals surface area contributed by atoms with Gasteiger partial charge in [-0.2, -0.15) is 0 Å². The molecule has 2 aliphatic rings. The Labute approximate surface area is 144 Å². The number of hydrogen-bond acceptors (Lipinski definition) is 3. The van der Waals surface area contributed by atoms with Crippen molar-refractivity contribution in [2.75, 3.05) is 6.61 Å². The summed E-state index contributed by atoms with van der Waals surface area (Å²) in [5.74, 6) is 0.901. The molecule has 0 aliphatic carbocycles. The second kappa shape index (κ2) is 6.50. The Morgan fingerprint density at radius 3 is 2.75 bits per heavy atom. The Morgan fingerprint density at radius 1 is 1.29 bits per heavy atom. The number of nitrogens with zero attached hydrogens (tertiary/aromatic N) is 1. The molecule has 1 fully saturated rings. The Balaban J connectivity index is 1.79. The Morgan fingerprint density at radius 2 is 2.08 bits per heavy atom. The quantitative estimate of drug-likeness (QED) is 0.811. The molecule has 4 heteroatoms. The van der Waals surface area contributed by atoms with Crippen LogP contribution in [0.25, 0.3) is 5.57 Å². The molecule has 2 heterocycles. The highest BCUT2D eigenvalue weighted by molar-refractivity contribution is 5.75. The van der Waals surface area contributed by atoms with Gasteiger partial charge in [-0.25, -0.2) is 4.79 Å². The fourth-order valence-corrected chi connectivity index (χ4v) is 3.60. The molecule has 0 spiro atoms. The maximum atomic E-state index is 12.5. The smallest absolute Gasteiger partial charge is 0.411 e. The van der Waals surface area contributed by atoms with E-state index in [0.717, 1.165) is 25.0 Å². The third-order valence-electron chi connectivity index (χ3n) is 4.52. The minimum absolute atomic E-state index is 0.143. The zero-order chi connectivity index (χ0) is 17.3. The fourth-order valence-electron chi connectivity index (χ4n) is 3.60. The molecule has 4 nitrogen and oxygen atoms in total. The van der Waals surface area contributed by atoms with Crippen molar-refractivity contribution in [3.8, 4) is 5.75 Å². The molecule has 1 aromatic rings. The summed E-state index contributed by atoms with van der Waals surface area (Å²) in [4.78, 5) is 14.4. The first kappa shape index (κ1) is 16.9. The van der Waals surface area contributed by atoms with Gasteiger partial charge in [-0.3, -0.25) is 4.90 Å². The summed E-state index contributed by atoms with van der Waals surface area (Å²) in [5.41, 5.74) is 2.05. The summed E-state index contributed by atoms with van der Waals surface area (Å²) in [6, 6.07) is 8.61. The molecule has 1 saturated heterocycles. The SMILES string of the molecule is CCOc1cccc(C2=CC3CCC(C2)N3C(=O)OC(C)(C)C)c1. The molecule has 1 amide bonds. The largest absolute Gasteiger partial charge is 0.494 e. The normalized spacial score (nSPS) is 23.0. The number of fused-ring (bicyclic) bond motifs is 2. The van der Waals surface area contributed by atoms with Crippen molar-refractivity contribution in [1.82, 2.24) is 4.90 Å². The van der Waals surface area contributed by atoms with E-state index < -0.39 is 5.60 Å². The molecule has 130 valence electrons. The molecule has 0 saturated carbocycles. The van der Waals surface area contributed by atoms with Gasteiger partial charge in [0.2, 0.25) is 0 Å². The predicted octanol–water partition coefficient (Wildman–Crippen LogP) is 4.64. The lowest BCUT2D eigenvalue weighted by atomic mass is 9.95. The second-order valence-electron chi connectivity index (χ2n) is 7.54. The Bertz CT molecular complexity index is 645. The van der Waals surface area contributed by atoms with Gasteiger partial charge in [0, 0.05) is 6.04 Å². The highest BCUT2D eigenvalue weighted by Gasteiger charge is 2.41.